The first-order chi connectivity index (χ1) is 10.7. The van der Waals surface area contributed by atoms with E-state index in [2.05, 4.69) is 4.98 Å². The molecular weight excluding hydrogens is 282 g/mol. The van der Waals surface area contributed by atoms with Crippen molar-refractivity contribution in [1.82, 2.24) is 4.98 Å². The van der Waals surface area contributed by atoms with Gasteiger partial charge in [-0.15, -0.1) is 0 Å². The summed E-state index contributed by atoms with van der Waals surface area (Å²) in [6, 6.07) is 15.6. The molecule has 0 aliphatic carbocycles. The summed E-state index contributed by atoms with van der Waals surface area (Å²) in [5.74, 6) is -0.255. The van der Waals surface area contributed by atoms with E-state index in [1.54, 1.807) is 12.1 Å². The van der Waals surface area contributed by atoms with Crippen LogP contribution in [0.4, 0.5) is 0 Å². The first-order valence-electron chi connectivity index (χ1n) is 6.69. The minimum Gasteiger partial charge on any atom is -0.507 e. The zero-order valence-electron chi connectivity index (χ0n) is 11.6. The van der Waals surface area contributed by atoms with Crippen molar-refractivity contribution in [1.29, 1.82) is 0 Å². The zero-order chi connectivity index (χ0) is 15.4. The Morgan fingerprint density at radius 1 is 1.09 bits per heavy atom. The number of phenols is 1. The molecule has 0 aliphatic rings. The normalized spacial score (nSPS) is 10.4. The number of benzene rings is 2. The fourth-order valence-corrected chi connectivity index (χ4v) is 1.95. The molecule has 5 heteroatoms. The van der Waals surface area contributed by atoms with Crippen LogP contribution in [-0.4, -0.2) is 16.1 Å². The molecule has 0 spiro atoms. The number of rotatable bonds is 4. The van der Waals surface area contributed by atoms with Gasteiger partial charge in [0.2, 0.25) is 5.89 Å². The number of hydrogen-bond donors (Lipinski definition) is 1. The van der Waals surface area contributed by atoms with Gasteiger partial charge in [0.15, 0.2) is 0 Å². The summed E-state index contributed by atoms with van der Waals surface area (Å²) in [5, 5.41) is 9.60. The molecule has 3 aromatic rings. The predicted octanol–water partition coefficient (Wildman–Crippen LogP) is 3.40. The number of ether oxygens (including phenoxy) is 1. The van der Waals surface area contributed by atoms with Gasteiger partial charge >= 0.3 is 5.97 Å². The molecule has 0 amide bonds. The number of carbonyl (C=O) groups excluding carboxylic acids is 1. The van der Waals surface area contributed by atoms with Gasteiger partial charge in [0.1, 0.15) is 29.9 Å². The molecule has 22 heavy (non-hydrogen) atoms. The molecule has 0 atom stereocenters. The Hall–Kier alpha value is -3.08. The summed E-state index contributed by atoms with van der Waals surface area (Å²) in [7, 11) is 0. The lowest BCUT2D eigenvalue weighted by Crippen LogP contribution is -2.05. The Labute approximate surface area is 126 Å². The highest BCUT2D eigenvalue weighted by Crippen LogP contribution is 2.20. The maximum absolute atomic E-state index is 11.9. The van der Waals surface area contributed by atoms with E-state index in [-0.39, 0.29) is 17.9 Å². The Bertz CT molecular complexity index is 780. The highest BCUT2D eigenvalue weighted by molar-refractivity contribution is 5.92. The average Bonchev–Trinajstić information content (AvgIpc) is 3.03. The van der Waals surface area contributed by atoms with E-state index in [0.29, 0.717) is 11.6 Å². The topological polar surface area (TPSA) is 72.6 Å². The number of aromatic nitrogens is 1. The molecule has 0 bridgehead atoms. The first kappa shape index (κ1) is 13.9. The van der Waals surface area contributed by atoms with Crippen LogP contribution in [0.3, 0.4) is 0 Å². The fraction of sp³-hybridized carbons (Fsp3) is 0.0588. The molecule has 1 N–H and O–H groups in total. The van der Waals surface area contributed by atoms with Crippen molar-refractivity contribution < 1.29 is 19.1 Å². The van der Waals surface area contributed by atoms with E-state index in [9.17, 15) is 9.90 Å². The third-order valence-electron chi connectivity index (χ3n) is 3.05. The maximum Gasteiger partial charge on any atom is 0.342 e. The van der Waals surface area contributed by atoms with Gasteiger partial charge in [0.25, 0.3) is 0 Å². The number of carbonyl (C=O) groups is 1. The standard InChI is InChI=1S/C17H13NO4/c19-15-9-5-4-8-14(15)17(20)22-11-13-10-21-16(18-13)12-6-2-1-3-7-12/h1-10,19H,11H2. The van der Waals surface area contributed by atoms with Crippen LogP contribution >= 0.6 is 0 Å². The van der Waals surface area contributed by atoms with Crippen LogP contribution in [0.1, 0.15) is 16.1 Å². The molecule has 3 rings (SSSR count). The van der Waals surface area contributed by atoms with Crippen LogP contribution in [0.25, 0.3) is 11.5 Å². The van der Waals surface area contributed by atoms with Gasteiger partial charge in [-0.25, -0.2) is 9.78 Å². The second-order valence-electron chi connectivity index (χ2n) is 4.60. The third-order valence-corrected chi connectivity index (χ3v) is 3.05. The van der Waals surface area contributed by atoms with Crippen LogP contribution in [0, 0.1) is 0 Å². The molecule has 0 aliphatic heterocycles. The molecular formula is C17H13NO4. The summed E-state index contributed by atoms with van der Waals surface area (Å²) < 4.78 is 10.5. The van der Waals surface area contributed by atoms with Crippen molar-refractivity contribution in [2.75, 3.05) is 0 Å². The lowest BCUT2D eigenvalue weighted by Gasteiger charge is -2.04. The van der Waals surface area contributed by atoms with Gasteiger partial charge in [0, 0.05) is 5.56 Å². The van der Waals surface area contributed by atoms with Gasteiger partial charge in [-0.2, -0.15) is 0 Å². The summed E-state index contributed by atoms with van der Waals surface area (Å²) in [6.45, 7) is -0.0243. The Morgan fingerprint density at radius 2 is 1.82 bits per heavy atom. The van der Waals surface area contributed by atoms with E-state index in [1.807, 2.05) is 30.3 Å². The van der Waals surface area contributed by atoms with E-state index in [1.165, 1.54) is 18.4 Å². The summed E-state index contributed by atoms with van der Waals surface area (Å²) in [4.78, 5) is 16.1. The molecule has 0 unspecified atom stereocenters. The lowest BCUT2D eigenvalue weighted by molar-refractivity contribution is 0.0464. The van der Waals surface area contributed by atoms with Crippen LogP contribution in [0.2, 0.25) is 0 Å². The van der Waals surface area contributed by atoms with Crippen molar-refractivity contribution in [2.24, 2.45) is 0 Å². The van der Waals surface area contributed by atoms with E-state index >= 15 is 0 Å². The lowest BCUT2D eigenvalue weighted by atomic mass is 10.2. The summed E-state index contributed by atoms with van der Waals surface area (Å²) in [6.07, 6.45) is 1.44. The molecule has 2 aromatic carbocycles. The van der Waals surface area contributed by atoms with Gasteiger partial charge in [-0.1, -0.05) is 30.3 Å². The number of oxazole rings is 1. The molecule has 1 heterocycles. The van der Waals surface area contributed by atoms with Crippen molar-refractivity contribution in [3.8, 4) is 17.2 Å². The van der Waals surface area contributed by atoms with Crippen LogP contribution in [0.5, 0.6) is 5.75 Å². The highest BCUT2D eigenvalue weighted by Gasteiger charge is 2.13. The van der Waals surface area contributed by atoms with Gasteiger partial charge in [0.05, 0.1) is 0 Å². The van der Waals surface area contributed by atoms with Gasteiger partial charge in [-0.05, 0) is 24.3 Å². The second kappa shape index (κ2) is 6.13. The molecule has 110 valence electrons. The monoisotopic (exact) mass is 295 g/mol. The average molecular weight is 295 g/mol. The van der Waals surface area contributed by atoms with Gasteiger partial charge < -0.3 is 14.3 Å². The predicted molar refractivity (Wildman–Crippen MR) is 79.2 cm³/mol. The van der Waals surface area contributed by atoms with Crippen LogP contribution < -0.4 is 0 Å². The quantitative estimate of drug-likeness (QED) is 0.747. The van der Waals surface area contributed by atoms with Crippen LogP contribution in [0.15, 0.2) is 65.3 Å². The van der Waals surface area contributed by atoms with E-state index in [0.717, 1.165) is 5.56 Å². The van der Waals surface area contributed by atoms with Crippen molar-refractivity contribution in [2.45, 2.75) is 6.61 Å². The van der Waals surface area contributed by atoms with Gasteiger partial charge in [-0.3, -0.25) is 0 Å². The zero-order valence-corrected chi connectivity index (χ0v) is 11.6. The summed E-state index contributed by atoms with van der Waals surface area (Å²) in [5.41, 5.74) is 1.47. The molecule has 0 fully saturated rings. The van der Waals surface area contributed by atoms with Crippen molar-refractivity contribution >= 4 is 5.97 Å². The number of phenolic OH excluding ortho intramolecular Hbond substituents is 1. The smallest absolute Gasteiger partial charge is 0.342 e. The Balaban J connectivity index is 1.67. The SMILES string of the molecule is O=C(OCc1coc(-c2ccccc2)n1)c1ccccc1O. The largest absolute Gasteiger partial charge is 0.507 e. The molecule has 0 saturated heterocycles. The number of hydrogen-bond acceptors (Lipinski definition) is 5. The first-order valence-corrected chi connectivity index (χ1v) is 6.69. The maximum atomic E-state index is 11.9. The van der Waals surface area contributed by atoms with E-state index < -0.39 is 5.97 Å². The Kier molecular flexibility index (Phi) is 3.87. The van der Waals surface area contributed by atoms with Crippen LogP contribution in [-0.2, 0) is 11.3 Å². The van der Waals surface area contributed by atoms with Crippen molar-refractivity contribution in [3.05, 3.63) is 72.1 Å². The minimum absolute atomic E-state index is 0.0243. The molecule has 5 nitrogen and oxygen atoms in total. The third kappa shape index (κ3) is 2.98. The number of esters is 1. The number of nitrogens with zero attached hydrogens (tertiary/aromatic N) is 1. The number of aromatic hydroxyl groups is 1. The second-order valence-corrected chi connectivity index (χ2v) is 4.60. The summed E-state index contributed by atoms with van der Waals surface area (Å²) >= 11 is 0. The van der Waals surface area contributed by atoms with Crippen molar-refractivity contribution in [3.63, 3.8) is 0 Å². The molecule has 0 radical (unpaired) electrons. The molecule has 1 aromatic heterocycles. The molecule has 0 saturated carbocycles. The fourth-order valence-electron chi connectivity index (χ4n) is 1.95. The Morgan fingerprint density at radius 3 is 2.59 bits per heavy atom. The minimum atomic E-state index is -0.609. The van der Waals surface area contributed by atoms with E-state index in [4.69, 9.17) is 9.15 Å². The number of para-hydroxylation sites is 1. The highest BCUT2D eigenvalue weighted by atomic mass is 16.5.